The summed E-state index contributed by atoms with van der Waals surface area (Å²) < 4.78 is 0. The number of benzene rings is 1. The van der Waals surface area contributed by atoms with E-state index in [1.165, 1.54) is 0 Å². The molecule has 188 valence electrons. The Morgan fingerprint density at radius 2 is 1.83 bits per heavy atom. The number of halogens is 1. The van der Waals surface area contributed by atoms with Gasteiger partial charge in [-0.25, -0.2) is 0 Å². The number of hydrogen-bond acceptors (Lipinski definition) is 11. The lowest BCUT2D eigenvalue weighted by atomic mass is 9.88. The quantitative estimate of drug-likeness (QED) is 0.0784. The molecule has 1 aromatic carbocycles. The standard InChI is InChI=1S/C19H28ClN13O2/c20-13-15(30-32-23)26-14(29-31-22)12(25-13)16(34)27-18-24-9-19(28-18)5-7-33(8-6-19)17(35)10-1-3-11(21)4-2-10/h1-4,12,14,18,24-26,28H,5-9,21H2,(H2,22,29)(H2,23,30)(H,27,34). The fourth-order valence-electron chi connectivity index (χ4n) is 4.37. The minimum absolute atomic E-state index is 0.0230. The van der Waals surface area contributed by atoms with Crippen molar-refractivity contribution in [2.75, 3.05) is 25.4 Å². The minimum Gasteiger partial charge on any atom is -0.399 e. The van der Waals surface area contributed by atoms with Crippen LogP contribution in [-0.4, -0.2) is 60.4 Å². The topological polar surface area (TPSA) is 225 Å². The number of carbonyl (C=O) groups is 2. The maximum atomic E-state index is 13.0. The molecule has 3 aliphatic rings. The number of amides is 2. The van der Waals surface area contributed by atoms with Gasteiger partial charge in [-0.15, -0.1) is 10.2 Å². The average Bonchev–Trinajstić information content (AvgIpc) is 3.23. The van der Waals surface area contributed by atoms with Crippen molar-refractivity contribution < 1.29 is 9.59 Å². The molecule has 11 N–H and O–H groups in total. The van der Waals surface area contributed by atoms with E-state index in [-0.39, 0.29) is 22.4 Å². The van der Waals surface area contributed by atoms with E-state index in [1.54, 1.807) is 24.3 Å². The van der Waals surface area contributed by atoms with Crippen LogP contribution in [-0.2, 0) is 4.79 Å². The zero-order valence-corrected chi connectivity index (χ0v) is 19.5. The molecule has 3 atom stereocenters. The fraction of sp³-hybridized carbons (Fsp3) is 0.474. The van der Waals surface area contributed by atoms with E-state index in [9.17, 15) is 9.59 Å². The van der Waals surface area contributed by atoms with Crippen molar-refractivity contribution >= 4 is 29.1 Å². The third kappa shape index (κ3) is 5.36. The molecule has 3 aliphatic heterocycles. The number of likely N-dealkylation sites (tertiary alicyclic amines) is 1. The Balaban J connectivity index is 1.33. The van der Waals surface area contributed by atoms with Crippen LogP contribution in [0.2, 0.25) is 0 Å². The van der Waals surface area contributed by atoms with E-state index in [0.29, 0.717) is 30.9 Å². The van der Waals surface area contributed by atoms with Crippen LogP contribution in [0.25, 0.3) is 0 Å². The van der Waals surface area contributed by atoms with Crippen LogP contribution in [0.4, 0.5) is 5.69 Å². The summed E-state index contributed by atoms with van der Waals surface area (Å²) in [5.74, 6) is 9.92. The van der Waals surface area contributed by atoms with Crippen LogP contribution in [0.15, 0.2) is 55.9 Å². The third-order valence-corrected chi connectivity index (χ3v) is 6.56. The SMILES string of the molecule is NN=NC1=C(Cl)NC(C(=O)NC2NCC3(CCN(C(=O)c4ccc(N)cc4)CC3)N2)C(N=NN)N1. The van der Waals surface area contributed by atoms with Gasteiger partial charge in [0.15, 0.2) is 12.0 Å². The molecule has 2 fully saturated rings. The number of nitrogen functional groups attached to an aromatic ring is 1. The fourth-order valence-corrected chi connectivity index (χ4v) is 4.58. The lowest BCUT2D eigenvalue weighted by Crippen LogP contribution is -2.62. The maximum Gasteiger partial charge on any atom is 0.253 e. The number of piperidine rings is 1. The van der Waals surface area contributed by atoms with Crippen LogP contribution in [0.1, 0.15) is 23.2 Å². The molecule has 1 spiro atoms. The van der Waals surface area contributed by atoms with Crippen molar-refractivity contribution in [2.24, 2.45) is 32.4 Å². The minimum atomic E-state index is -0.925. The van der Waals surface area contributed by atoms with Gasteiger partial charge < -0.3 is 38.3 Å². The first-order valence-corrected chi connectivity index (χ1v) is 11.3. The lowest BCUT2D eigenvalue weighted by molar-refractivity contribution is -0.124. The number of rotatable bonds is 5. The van der Waals surface area contributed by atoms with Gasteiger partial charge in [0.1, 0.15) is 17.5 Å². The molecule has 0 aromatic heterocycles. The summed E-state index contributed by atoms with van der Waals surface area (Å²) in [6.07, 6.45) is 0.0676. The van der Waals surface area contributed by atoms with E-state index >= 15 is 0 Å². The van der Waals surface area contributed by atoms with Crippen LogP contribution in [0.3, 0.4) is 0 Å². The lowest BCUT2D eigenvalue weighted by Gasteiger charge is -2.39. The van der Waals surface area contributed by atoms with E-state index in [2.05, 4.69) is 47.3 Å². The molecule has 2 saturated heterocycles. The first-order chi connectivity index (χ1) is 16.8. The Kier molecular flexibility index (Phi) is 7.18. The molecule has 0 bridgehead atoms. The van der Waals surface area contributed by atoms with Crippen molar-refractivity contribution in [2.45, 2.75) is 36.9 Å². The highest BCUT2D eigenvalue weighted by atomic mass is 35.5. The van der Waals surface area contributed by atoms with Crippen LogP contribution in [0, 0.1) is 0 Å². The molecule has 3 unspecified atom stereocenters. The van der Waals surface area contributed by atoms with Gasteiger partial charge in [0, 0.05) is 36.4 Å². The summed E-state index contributed by atoms with van der Waals surface area (Å²) >= 11 is 6.13. The summed E-state index contributed by atoms with van der Waals surface area (Å²) in [6, 6.07) is 5.98. The van der Waals surface area contributed by atoms with Gasteiger partial charge in [-0.3, -0.25) is 20.2 Å². The number of nitrogens with two attached hydrogens (primary N) is 3. The van der Waals surface area contributed by atoms with Gasteiger partial charge in [0.05, 0.1) is 0 Å². The predicted molar refractivity (Wildman–Crippen MR) is 127 cm³/mol. The van der Waals surface area contributed by atoms with Crippen molar-refractivity contribution in [3.8, 4) is 0 Å². The highest BCUT2D eigenvalue weighted by Gasteiger charge is 2.43. The monoisotopic (exact) mass is 505 g/mol. The highest BCUT2D eigenvalue weighted by Crippen LogP contribution is 2.26. The van der Waals surface area contributed by atoms with Crippen molar-refractivity contribution in [3.05, 3.63) is 40.8 Å². The number of nitrogens with one attached hydrogen (secondary N) is 5. The molecule has 15 nitrogen and oxygen atoms in total. The van der Waals surface area contributed by atoms with Gasteiger partial charge >= 0.3 is 0 Å². The smallest absolute Gasteiger partial charge is 0.253 e. The molecular formula is C19H28ClN13O2. The number of anilines is 1. The van der Waals surface area contributed by atoms with E-state index in [0.717, 1.165) is 12.8 Å². The van der Waals surface area contributed by atoms with Crippen molar-refractivity contribution in [3.63, 3.8) is 0 Å². The number of hydrogen-bond donors (Lipinski definition) is 8. The van der Waals surface area contributed by atoms with Crippen molar-refractivity contribution in [1.29, 1.82) is 0 Å². The zero-order chi connectivity index (χ0) is 25.0. The Labute approximate surface area is 205 Å². The molecule has 4 rings (SSSR count). The second kappa shape index (κ2) is 10.3. The summed E-state index contributed by atoms with van der Waals surface area (Å²) in [5.41, 5.74) is 6.69. The molecule has 3 heterocycles. The second-order valence-electron chi connectivity index (χ2n) is 8.48. The first kappa shape index (κ1) is 24.4. The Morgan fingerprint density at radius 3 is 2.49 bits per heavy atom. The summed E-state index contributed by atoms with van der Waals surface area (Å²) in [5, 5.41) is 29.2. The van der Waals surface area contributed by atoms with Crippen LogP contribution < -0.4 is 44.0 Å². The Hall–Kier alpha value is -3.69. The van der Waals surface area contributed by atoms with Gasteiger partial charge in [0.2, 0.25) is 5.91 Å². The zero-order valence-electron chi connectivity index (χ0n) is 18.7. The first-order valence-electron chi connectivity index (χ1n) is 10.9. The van der Waals surface area contributed by atoms with Gasteiger partial charge in [-0.2, -0.15) is 0 Å². The molecule has 0 radical (unpaired) electrons. The highest BCUT2D eigenvalue weighted by molar-refractivity contribution is 6.29. The summed E-state index contributed by atoms with van der Waals surface area (Å²) in [7, 11) is 0. The molecule has 0 aliphatic carbocycles. The second-order valence-corrected chi connectivity index (χ2v) is 8.86. The molecule has 1 aromatic rings. The predicted octanol–water partition coefficient (Wildman–Crippen LogP) is -1.26. The maximum absolute atomic E-state index is 13.0. The summed E-state index contributed by atoms with van der Waals surface area (Å²) in [4.78, 5) is 27.6. The molecule has 0 saturated carbocycles. The van der Waals surface area contributed by atoms with Crippen molar-refractivity contribution in [1.82, 2.24) is 31.5 Å². The molecule has 35 heavy (non-hydrogen) atoms. The largest absolute Gasteiger partial charge is 0.399 e. The van der Waals surface area contributed by atoms with E-state index in [1.807, 2.05) is 4.90 Å². The van der Waals surface area contributed by atoms with Gasteiger partial charge in [0.25, 0.3) is 5.91 Å². The number of nitrogens with zero attached hydrogens (tertiary/aromatic N) is 5. The molecule has 2 amide bonds. The van der Waals surface area contributed by atoms with Crippen LogP contribution in [0.5, 0.6) is 0 Å². The van der Waals surface area contributed by atoms with E-state index in [4.69, 9.17) is 29.0 Å². The molecular weight excluding hydrogens is 478 g/mol. The third-order valence-electron chi connectivity index (χ3n) is 6.27. The Bertz CT molecular complexity index is 1040. The van der Waals surface area contributed by atoms with Gasteiger partial charge in [-0.1, -0.05) is 22.0 Å². The normalized spacial score (nSPS) is 26.2. The molecule has 16 heteroatoms. The Morgan fingerprint density at radius 1 is 1.11 bits per heavy atom. The van der Waals surface area contributed by atoms with Gasteiger partial charge in [-0.05, 0) is 37.1 Å². The van der Waals surface area contributed by atoms with Crippen LogP contribution >= 0.6 is 11.6 Å². The average molecular weight is 506 g/mol. The summed E-state index contributed by atoms with van der Waals surface area (Å²) in [6.45, 7) is 1.81. The van der Waals surface area contributed by atoms with E-state index < -0.39 is 24.4 Å². The number of carbonyl (C=O) groups excluding carboxylic acids is 2.